The lowest BCUT2D eigenvalue weighted by atomic mass is 9.96. The van der Waals surface area contributed by atoms with E-state index in [1.54, 1.807) is 25.3 Å². The van der Waals surface area contributed by atoms with E-state index in [1.807, 2.05) is 18.2 Å². The first-order chi connectivity index (χ1) is 11.2. The van der Waals surface area contributed by atoms with E-state index >= 15 is 0 Å². The van der Waals surface area contributed by atoms with E-state index in [2.05, 4.69) is 10.1 Å². The van der Waals surface area contributed by atoms with Crippen LogP contribution in [0.15, 0.2) is 28.9 Å². The Morgan fingerprint density at radius 1 is 1.39 bits per heavy atom. The van der Waals surface area contributed by atoms with Gasteiger partial charge < -0.3 is 14.2 Å². The second kappa shape index (κ2) is 6.91. The molecule has 2 aromatic rings. The van der Waals surface area contributed by atoms with E-state index < -0.39 is 0 Å². The van der Waals surface area contributed by atoms with Crippen LogP contribution in [0.4, 0.5) is 0 Å². The minimum atomic E-state index is -0.260. The van der Waals surface area contributed by atoms with Crippen molar-refractivity contribution in [2.45, 2.75) is 31.7 Å². The maximum atomic E-state index is 12.9. The topological polar surface area (TPSA) is 68.5 Å². The summed E-state index contributed by atoms with van der Waals surface area (Å²) in [5.74, 6) is 0.707. The number of aryl methyl sites for hydroxylation is 1. The predicted molar refractivity (Wildman–Crippen MR) is 84.1 cm³/mol. The molecular weight excluding hydrogens is 294 g/mol. The predicted octanol–water partition coefficient (Wildman–Crippen LogP) is 2.41. The second-order valence-electron chi connectivity index (χ2n) is 5.78. The zero-order valence-electron chi connectivity index (χ0n) is 13.5. The van der Waals surface area contributed by atoms with Crippen LogP contribution >= 0.6 is 0 Å². The van der Waals surface area contributed by atoms with E-state index in [0.717, 1.165) is 42.7 Å². The molecule has 23 heavy (non-hydrogen) atoms. The number of nitrogens with zero attached hydrogens (tertiary/aromatic N) is 3. The number of carbonyl (C=O) groups excluding carboxylic acids is 1. The van der Waals surface area contributed by atoms with Gasteiger partial charge in [-0.2, -0.15) is 0 Å². The molecule has 1 atom stereocenters. The highest BCUT2D eigenvalue weighted by molar-refractivity contribution is 5.94. The zero-order valence-corrected chi connectivity index (χ0v) is 13.5. The lowest BCUT2D eigenvalue weighted by molar-refractivity contribution is 0.0584. The molecular formula is C17H21N3O3. The van der Waals surface area contributed by atoms with Crippen LogP contribution in [0.3, 0.4) is 0 Å². The number of pyridine rings is 1. The first-order valence-corrected chi connectivity index (χ1v) is 7.86. The average Bonchev–Trinajstić information content (AvgIpc) is 3.03. The van der Waals surface area contributed by atoms with Crippen molar-refractivity contribution in [2.75, 3.05) is 20.8 Å². The summed E-state index contributed by atoms with van der Waals surface area (Å²) in [5.41, 5.74) is 2.19. The first kappa shape index (κ1) is 15.7. The fourth-order valence-electron chi connectivity index (χ4n) is 2.99. The molecule has 0 unspecified atom stereocenters. The Labute approximate surface area is 135 Å². The van der Waals surface area contributed by atoms with E-state index in [1.165, 1.54) is 0 Å². The van der Waals surface area contributed by atoms with Gasteiger partial charge in [0.25, 0.3) is 5.91 Å². The molecule has 1 aliphatic carbocycles. The van der Waals surface area contributed by atoms with Crippen molar-refractivity contribution in [2.24, 2.45) is 0 Å². The fourth-order valence-corrected chi connectivity index (χ4v) is 2.99. The fraction of sp³-hybridized carbons (Fsp3) is 0.471. The van der Waals surface area contributed by atoms with Gasteiger partial charge in [0.05, 0.1) is 18.3 Å². The van der Waals surface area contributed by atoms with Gasteiger partial charge in [-0.05, 0) is 31.4 Å². The number of rotatable bonds is 5. The van der Waals surface area contributed by atoms with Crippen molar-refractivity contribution in [3.8, 4) is 0 Å². The highest BCUT2D eigenvalue weighted by atomic mass is 16.5. The molecule has 0 radical (unpaired) electrons. The molecule has 0 saturated heterocycles. The van der Waals surface area contributed by atoms with Crippen LogP contribution in [0.25, 0.3) is 0 Å². The number of hydrogen-bond donors (Lipinski definition) is 0. The maximum Gasteiger partial charge on any atom is 0.276 e. The van der Waals surface area contributed by atoms with Gasteiger partial charge in [-0.1, -0.05) is 11.2 Å². The number of ether oxygens (including phenoxy) is 1. The van der Waals surface area contributed by atoms with E-state index in [-0.39, 0.29) is 11.9 Å². The highest BCUT2D eigenvalue weighted by Gasteiger charge is 2.30. The lowest BCUT2D eigenvalue weighted by Gasteiger charge is -2.27. The molecule has 0 spiro atoms. The Kier molecular flexibility index (Phi) is 4.71. The third kappa shape index (κ3) is 3.12. The SMILES string of the molecule is COC[C@@H](c1ccccn1)N(C)C(=O)c1noc2c1CCCC2. The lowest BCUT2D eigenvalue weighted by Crippen LogP contribution is -2.35. The average molecular weight is 315 g/mol. The molecule has 2 heterocycles. The van der Waals surface area contributed by atoms with Crippen LogP contribution in [-0.4, -0.2) is 41.7 Å². The van der Waals surface area contributed by atoms with Gasteiger partial charge in [-0.25, -0.2) is 0 Å². The molecule has 0 fully saturated rings. The summed E-state index contributed by atoms with van der Waals surface area (Å²) in [7, 11) is 3.37. The van der Waals surface area contributed by atoms with Crippen LogP contribution in [0.1, 0.15) is 46.4 Å². The minimum Gasteiger partial charge on any atom is -0.382 e. The zero-order chi connectivity index (χ0) is 16.2. The third-order valence-electron chi connectivity index (χ3n) is 4.29. The second-order valence-corrected chi connectivity index (χ2v) is 5.78. The largest absolute Gasteiger partial charge is 0.382 e. The van der Waals surface area contributed by atoms with Gasteiger partial charge in [0.15, 0.2) is 5.69 Å². The normalized spacial score (nSPS) is 15.0. The molecule has 2 aromatic heterocycles. The summed E-state index contributed by atoms with van der Waals surface area (Å²) in [6.45, 7) is 0.374. The maximum absolute atomic E-state index is 12.9. The van der Waals surface area contributed by atoms with Crippen LogP contribution in [-0.2, 0) is 17.6 Å². The van der Waals surface area contributed by atoms with Crippen molar-refractivity contribution < 1.29 is 14.1 Å². The van der Waals surface area contributed by atoms with Crippen molar-refractivity contribution >= 4 is 5.91 Å². The molecule has 0 aliphatic heterocycles. The molecule has 0 saturated carbocycles. The van der Waals surface area contributed by atoms with Crippen molar-refractivity contribution in [1.29, 1.82) is 0 Å². The summed E-state index contributed by atoms with van der Waals surface area (Å²) in [6.07, 6.45) is 5.59. The molecule has 0 N–H and O–H groups in total. The number of hydrogen-bond acceptors (Lipinski definition) is 5. The number of likely N-dealkylation sites (N-methyl/N-ethyl adjacent to an activating group) is 1. The van der Waals surface area contributed by atoms with Crippen LogP contribution in [0, 0.1) is 0 Å². The van der Waals surface area contributed by atoms with E-state index in [9.17, 15) is 4.79 Å². The van der Waals surface area contributed by atoms with Crippen molar-refractivity contribution in [3.05, 3.63) is 47.1 Å². The van der Waals surface area contributed by atoms with Crippen molar-refractivity contribution in [1.82, 2.24) is 15.0 Å². The number of carbonyl (C=O) groups is 1. The molecule has 3 rings (SSSR count). The monoisotopic (exact) mass is 315 g/mol. The molecule has 6 heteroatoms. The Morgan fingerprint density at radius 2 is 2.22 bits per heavy atom. The summed E-state index contributed by atoms with van der Waals surface area (Å²) < 4.78 is 10.6. The van der Waals surface area contributed by atoms with Crippen LogP contribution in [0.5, 0.6) is 0 Å². The van der Waals surface area contributed by atoms with Crippen LogP contribution < -0.4 is 0 Å². The number of amides is 1. The van der Waals surface area contributed by atoms with Gasteiger partial charge >= 0.3 is 0 Å². The molecule has 1 aliphatic rings. The van der Waals surface area contributed by atoms with Gasteiger partial charge in [0, 0.05) is 32.3 Å². The number of aromatic nitrogens is 2. The quantitative estimate of drug-likeness (QED) is 0.847. The van der Waals surface area contributed by atoms with Gasteiger partial charge in [-0.15, -0.1) is 0 Å². The summed E-state index contributed by atoms with van der Waals surface area (Å²) in [5, 5.41) is 4.03. The summed E-state index contributed by atoms with van der Waals surface area (Å²) >= 11 is 0. The summed E-state index contributed by atoms with van der Waals surface area (Å²) in [4.78, 5) is 18.9. The van der Waals surface area contributed by atoms with Gasteiger partial charge in [-0.3, -0.25) is 9.78 Å². The Morgan fingerprint density at radius 3 is 2.96 bits per heavy atom. The number of fused-ring (bicyclic) bond motifs is 1. The molecule has 1 amide bonds. The van der Waals surface area contributed by atoms with E-state index in [0.29, 0.717) is 12.3 Å². The summed E-state index contributed by atoms with van der Waals surface area (Å²) in [6, 6.07) is 5.39. The third-order valence-corrected chi connectivity index (χ3v) is 4.29. The number of methoxy groups -OCH3 is 1. The van der Waals surface area contributed by atoms with Crippen molar-refractivity contribution in [3.63, 3.8) is 0 Å². The molecule has 6 nitrogen and oxygen atoms in total. The van der Waals surface area contributed by atoms with E-state index in [4.69, 9.17) is 9.26 Å². The minimum absolute atomic E-state index is 0.149. The Bertz CT molecular complexity index is 669. The van der Waals surface area contributed by atoms with Gasteiger partial charge in [0.2, 0.25) is 0 Å². The Balaban J connectivity index is 1.86. The molecule has 0 bridgehead atoms. The molecule has 122 valence electrons. The van der Waals surface area contributed by atoms with Crippen LogP contribution in [0.2, 0.25) is 0 Å². The molecule has 0 aromatic carbocycles. The first-order valence-electron chi connectivity index (χ1n) is 7.86. The van der Waals surface area contributed by atoms with Gasteiger partial charge in [0.1, 0.15) is 5.76 Å². The standard InChI is InChI=1S/C17H21N3O3/c1-20(14(11-22-2)13-8-5-6-10-18-13)17(21)16-12-7-3-4-9-15(12)23-19-16/h5-6,8,10,14H,3-4,7,9,11H2,1-2H3/t14-/m0/s1. The smallest absolute Gasteiger partial charge is 0.276 e. The highest BCUT2D eigenvalue weighted by Crippen LogP contribution is 2.27. The Hall–Kier alpha value is -2.21.